The molecule has 17 heavy (non-hydrogen) atoms. The van der Waals surface area contributed by atoms with Gasteiger partial charge in [0, 0.05) is 18.0 Å². The Kier molecular flexibility index (Phi) is 4.41. The van der Waals surface area contributed by atoms with Crippen LogP contribution in [0.2, 0.25) is 0 Å². The zero-order chi connectivity index (χ0) is 13.1. The van der Waals surface area contributed by atoms with Crippen LogP contribution < -0.4 is 11.3 Å². The van der Waals surface area contributed by atoms with E-state index < -0.39 is 36.7 Å². The van der Waals surface area contributed by atoms with Gasteiger partial charge >= 0.3 is 6.18 Å². The lowest BCUT2D eigenvalue weighted by atomic mass is 10.0. The Bertz CT molecular complexity index is 377. The Morgan fingerprint density at radius 2 is 1.88 bits per heavy atom. The van der Waals surface area contributed by atoms with E-state index in [1.807, 2.05) is 0 Å². The van der Waals surface area contributed by atoms with Crippen molar-refractivity contribution in [2.45, 2.75) is 25.1 Å². The zero-order valence-electron chi connectivity index (χ0n) is 8.69. The molecule has 0 bridgehead atoms. The summed E-state index contributed by atoms with van der Waals surface area (Å²) >= 11 is 0. The van der Waals surface area contributed by atoms with Crippen molar-refractivity contribution in [3.05, 3.63) is 35.4 Å². The first kappa shape index (κ1) is 13.9. The molecule has 0 aliphatic carbocycles. The fraction of sp³-hybridized carbons (Fsp3) is 0.400. The van der Waals surface area contributed by atoms with Crippen molar-refractivity contribution in [2.24, 2.45) is 5.84 Å². The Hall–Kier alpha value is -1.21. The van der Waals surface area contributed by atoms with Crippen LogP contribution in [0.5, 0.6) is 0 Å². The van der Waals surface area contributed by atoms with E-state index in [4.69, 9.17) is 5.84 Å². The van der Waals surface area contributed by atoms with Gasteiger partial charge in [-0.15, -0.1) is 0 Å². The lowest BCUT2D eigenvalue weighted by molar-refractivity contribution is -0.136. The molecule has 1 aromatic carbocycles. The Morgan fingerprint density at radius 1 is 1.24 bits per heavy atom. The number of alkyl halides is 3. The molecular weight excluding hydrogens is 243 g/mol. The van der Waals surface area contributed by atoms with E-state index in [0.29, 0.717) is 0 Å². The standard InChI is InChI=1S/C10H11F5N2/c11-6-1-2-8(12)7(5-6)9(17-16)3-4-10(13,14)15/h1-2,5,9,17H,3-4,16H2. The molecule has 0 spiro atoms. The summed E-state index contributed by atoms with van der Waals surface area (Å²) in [6.45, 7) is 0. The van der Waals surface area contributed by atoms with E-state index >= 15 is 0 Å². The molecule has 7 heteroatoms. The topological polar surface area (TPSA) is 38.0 Å². The van der Waals surface area contributed by atoms with E-state index in [9.17, 15) is 22.0 Å². The van der Waals surface area contributed by atoms with Crippen LogP contribution in [0.1, 0.15) is 24.4 Å². The minimum atomic E-state index is -4.36. The number of hydrazine groups is 1. The smallest absolute Gasteiger partial charge is 0.271 e. The normalized spacial score (nSPS) is 13.8. The molecule has 0 amide bonds. The summed E-state index contributed by atoms with van der Waals surface area (Å²) in [4.78, 5) is 0. The predicted molar refractivity (Wildman–Crippen MR) is 51.7 cm³/mol. The number of nitrogens with one attached hydrogen (secondary N) is 1. The van der Waals surface area contributed by atoms with Crippen LogP contribution in [0.15, 0.2) is 18.2 Å². The van der Waals surface area contributed by atoms with Crippen molar-refractivity contribution in [3.63, 3.8) is 0 Å². The van der Waals surface area contributed by atoms with Gasteiger partial charge in [-0.25, -0.2) is 8.78 Å². The molecule has 0 saturated carbocycles. The monoisotopic (exact) mass is 254 g/mol. The van der Waals surface area contributed by atoms with Gasteiger partial charge in [0.2, 0.25) is 0 Å². The van der Waals surface area contributed by atoms with E-state index in [-0.39, 0.29) is 5.56 Å². The first-order valence-corrected chi connectivity index (χ1v) is 4.81. The molecule has 0 heterocycles. The van der Waals surface area contributed by atoms with Gasteiger partial charge in [-0.2, -0.15) is 13.2 Å². The summed E-state index contributed by atoms with van der Waals surface area (Å²) in [6, 6.07) is 1.49. The maximum Gasteiger partial charge on any atom is 0.389 e. The van der Waals surface area contributed by atoms with Crippen LogP contribution in [0.25, 0.3) is 0 Å². The second-order valence-corrected chi connectivity index (χ2v) is 3.54. The van der Waals surface area contributed by atoms with Crippen LogP contribution in [0.4, 0.5) is 22.0 Å². The highest BCUT2D eigenvalue weighted by atomic mass is 19.4. The summed E-state index contributed by atoms with van der Waals surface area (Å²) in [5, 5.41) is 0. The largest absolute Gasteiger partial charge is 0.389 e. The first-order chi connectivity index (χ1) is 7.83. The van der Waals surface area contributed by atoms with Crippen LogP contribution in [0, 0.1) is 11.6 Å². The highest BCUT2D eigenvalue weighted by Gasteiger charge is 2.29. The third-order valence-corrected chi connectivity index (χ3v) is 2.25. The van der Waals surface area contributed by atoms with Crippen molar-refractivity contribution in [3.8, 4) is 0 Å². The van der Waals surface area contributed by atoms with Crippen LogP contribution in [0.3, 0.4) is 0 Å². The van der Waals surface area contributed by atoms with Crippen molar-refractivity contribution >= 4 is 0 Å². The molecule has 1 unspecified atom stereocenters. The van der Waals surface area contributed by atoms with Crippen molar-refractivity contribution in [1.82, 2.24) is 5.43 Å². The SMILES string of the molecule is NNC(CCC(F)(F)F)c1cc(F)ccc1F. The molecule has 1 aromatic rings. The Labute approximate surface area is 94.6 Å². The highest BCUT2D eigenvalue weighted by molar-refractivity contribution is 5.22. The van der Waals surface area contributed by atoms with Crippen molar-refractivity contribution < 1.29 is 22.0 Å². The second kappa shape index (κ2) is 5.42. The molecular formula is C10H11F5N2. The number of rotatable bonds is 4. The number of hydrogen-bond donors (Lipinski definition) is 2. The van der Waals surface area contributed by atoms with E-state index in [1.165, 1.54) is 0 Å². The maximum atomic E-state index is 13.3. The average Bonchev–Trinajstić information content (AvgIpc) is 2.22. The number of halogens is 5. The fourth-order valence-electron chi connectivity index (χ4n) is 1.42. The predicted octanol–water partition coefficient (Wildman–Crippen LogP) is 2.81. The summed E-state index contributed by atoms with van der Waals surface area (Å²) in [5.74, 6) is 3.52. The molecule has 0 aromatic heterocycles. The highest BCUT2D eigenvalue weighted by Crippen LogP contribution is 2.28. The molecule has 1 rings (SSSR count). The van der Waals surface area contributed by atoms with Gasteiger partial charge < -0.3 is 0 Å². The molecule has 0 aliphatic heterocycles. The van der Waals surface area contributed by atoms with Gasteiger partial charge in [0.15, 0.2) is 0 Å². The maximum absolute atomic E-state index is 13.3. The lowest BCUT2D eigenvalue weighted by Gasteiger charge is -2.17. The summed E-state index contributed by atoms with van der Waals surface area (Å²) in [5.41, 5.74) is 1.84. The number of nitrogens with two attached hydrogens (primary N) is 1. The third-order valence-electron chi connectivity index (χ3n) is 2.25. The third kappa shape index (κ3) is 4.27. The first-order valence-electron chi connectivity index (χ1n) is 4.81. The molecule has 1 atom stereocenters. The van der Waals surface area contributed by atoms with Gasteiger partial charge in [0.05, 0.1) is 0 Å². The summed E-state index contributed by atoms with van der Waals surface area (Å²) < 4.78 is 62.2. The lowest BCUT2D eigenvalue weighted by Crippen LogP contribution is -2.30. The minimum absolute atomic E-state index is 0.211. The average molecular weight is 254 g/mol. The summed E-state index contributed by atoms with van der Waals surface area (Å²) in [6.07, 6.45) is -5.95. The Morgan fingerprint density at radius 3 is 2.41 bits per heavy atom. The van der Waals surface area contributed by atoms with Crippen LogP contribution >= 0.6 is 0 Å². The Balaban J connectivity index is 2.82. The molecule has 0 radical (unpaired) electrons. The molecule has 0 fully saturated rings. The van der Waals surface area contributed by atoms with Gasteiger partial charge in [-0.1, -0.05) is 0 Å². The van der Waals surface area contributed by atoms with Crippen LogP contribution in [-0.2, 0) is 0 Å². The quantitative estimate of drug-likeness (QED) is 0.492. The number of hydrogen-bond acceptors (Lipinski definition) is 2. The van der Waals surface area contributed by atoms with E-state index in [2.05, 4.69) is 5.43 Å². The van der Waals surface area contributed by atoms with E-state index in [1.54, 1.807) is 0 Å². The second-order valence-electron chi connectivity index (χ2n) is 3.54. The molecule has 3 N–H and O–H groups in total. The number of benzene rings is 1. The minimum Gasteiger partial charge on any atom is -0.271 e. The molecule has 96 valence electrons. The van der Waals surface area contributed by atoms with Gasteiger partial charge in [-0.3, -0.25) is 11.3 Å². The van der Waals surface area contributed by atoms with Gasteiger partial charge in [0.25, 0.3) is 0 Å². The molecule has 0 aliphatic rings. The molecule has 2 nitrogen and oxygen atoms in total. The van der Waals surface area contributed by atoms with Crippen LogP contribution in [-0.4, -0.2) is 6.18 Å². The zero-order valence-corrected chi connectivity index (χ0v) is 8.69. The summed E-state index contributed by atoms with van der Waals surface area (Å²) in [7, 11) is 0. The van der Waals surface area contributed by atoms with Crippen molar-refractivity contribution in [2.75, 3.05) is 0 Å². The molecule has 0 saturated heterocycles. The van der Waals surface area contributed by atoms with E-state index in [0.717, 1.165) is 18.2 Å². The van der Waals surface area contributed by atoms with Crippen molar-refractivity contribution in [1.29, 1.82) is 0 Å². The fourth-order valence-corrected chi connectivity index (χ4v) is 1.42. The van der Waals surface area contributed by atoms with Gasteiger partial charge in [0.1, 0.15) is 11.6 Å². The van der Waals surface area contributed by atoms with Gasteiger partial charge in [-0.05, 0) is 24.6 Å².